The smallest absolute Gasteiger partial charge is 0.248 e. The van der Waals surface area contributed by atoms with E-state index in [4.69, 9.17) is 14.0 Å². The molecule has 3 rings (SSSR count). The van der Waals surface area contributed by atoms with Gasteiger partial charge in [-0.15, -0.1) is 0 Å². The van der Waals surface area contributed by atoms with E-state index < -0.39 is 0 Å². The molecule has 8 nitrogen and oxygen atoms in total. The Morgan fingerprint density at radius 1 is 1.25 bits per heavy atom. The maximum absolute atomic E-state index is 5.70. The maximum atomic E-state index is 5.70. The number of aliphatic imine (C=N–C) groups is 1. The summed E-state index contributed by atoms with van der Waals surface area (Å²) in [7, 11) is 0. The maximum Gasteiger partial charge on any atom is 0.248 e. The molecule has 2 aromatic rings. The molecule has 1 aliphatic heterocycles. The third-order valence-electron chi connectivity index (χ3n) is 3.30. The number of ether oxygens (including phenoxy) is 2. The number of nitrogens with zero attached hydrogens (tertiary/aromatic N) is 3. The quantitative estimate of drug-likeness (QED) is 0.654. The molecule has 1 aromatic heterocycles. The van der Waals surface area contributed by atoms with E-state index in [2.05, 4.69) is 25.8 Å². The fraction of sp³-hybridized carbons (Fsp3) is 0.438. The minimum atomic E-state index is 0.306. The molecule has 0 amide bonds. The topological polar surface area (TPSA) is 93.8 Å². The second-order valence-corrected chi connectivity index (χ2v) is 5.27. The van der Waals surface area contributed by atoms with Gasteiger partial charge in [-0.05, 0) is 26.0 Å². The van der Waals surface area contributed by atoms with Crippen molar-refractivity contribution in [3.05, 3.63) is 29.9 Å². The fourth-order valence-electron chi connectivity index (χ4n) is 2.24. The van der Waals surface area contributed by atoms with Gasteiger partial charge in [-0.2, -0.15) is 4.98 Å². The van der Waals surface area contributed by atoms with Crippen molar-refractivity contribution in [1.82, 2.24) is 15.5 Å². The number of guanidine groups is 1. The summed E-state index contributed by atoms with van der Waals surface area (Å²) in [5.41, 5.74) is 0.862. The molecule has 0 bridgehead atoms. The normalized spacial score (nSPS) is 14.2. The number of aromatic nitrogens is 2. The van der Waals surface area contributed by atoms with Crippen LogP contribution < -0.4 is 20.1 Å². The fourth-order valence-corrected chi connectivity index (χ4v) is 2.24. The lowest BCUT2D eigenvalue weighted by Gasteiger charge is -2.13. The number of fused-ring (bicyclic) bond motifs is 1. The van der Waals surface area contributed by atoms with Gasteiger partial charge in [0, 0.05) is 24.7 Å². The van der Waals surface area contributed by atoms with Gasteiger partial charge in [0.15, 0.2) is 23.3 Å². The third kappa shape index (κ3) is 4.15. The number of rotatable bonds is 4. The predicted octanol–water partition coefficient (Wildman–Crippen LogP) is 2.12. The van der Waals surface area contributed by atoms with Gasteiger partial charge in [-0.3, -0.25) is 0 Å². The zero-order valence-electron chi connectivity index (χ0n) is 13.8. The molecule has 0 unspecified atom stereocenters. The average Bonchev–Trinajstić information content (AvgIpc) is 2.85. The van der Waals surface area contributed by atoms with E-state index in [1.54, 1.807) is 6.92 Å². The molecule has 1 aromatic carbocycles. The van der Waals surface area contributed by atoms with E-state index >= 15 is 0 Å². The SMILES string of the molecule is CCNC(=NCc1nc(C)no1)Nc1ccc2c(c1)OCCCO2. The highest BCUT2D eigenvalue weighted by Crippen LogP contribution is 2.32. The number of hydrogen-bond acceptors (Lipinski definition) is 6. The summed E-state index contributed by atoms with van der Waals surface area (Å²) in [6.45, 7) is 6.15. The first kappa shape index (κ1) is 16.1. The molecule has 0 saturated carbocycles. The monoisotopic (exact) mass is 331 g/mol. The van der Waals surface area contributed by atoms with Gasteiger partial charge >= 0.3 is 0 Å². The van der Waals surface area contributed by atoms with Crippen LogP contribution >= 0.6 is 0 Å². The van der Waals surface area contributed by atoms with Crippen molar-refractivity contribution < 1.29 is 14.0 Å². The minimum absolute atomic E-state index is 0.306. The summed E-state index contributed by atoms with van der Waals surface area (Å²) in [5, 5.41) is 10.2. The Labute approximate surface area is 140 Å². The number of nitrogens with one attached hydrogen (secondary N) is 2. The Morgan fingerprint density at radius 2 is 2.08 bits per heavy atom. The van der Waals surface area contributed by atoms with Crippen molar-refractivity contribution in [3.8, 4) is 11.5 Å². The molecule has 8 heteroatoms. The van der Waals surface area contributed by atoms with E-state index in [1.165, 1.54) is 0 Å². The van der Waals surface area contributed by atoms with Crippen LogP contribution in [0.25, 0.3) is 0 Å². The Kier molecular flexibility index (Phi) is 5.15. The van der Waals surface area contributed by atoms with Gasteiger partial charge in [-0.1, -0.05) is 5.16 Å². The second kappa shape index (κ2) is 7.67. The molecule has 128 valence electrons. The van der Waals surface area contributed by atoms with Crippen molar-refractivity contribution in [3.63, 3.8) is 0 Å². The Balaban J connectivity index is 1.71. The van der Waals surface area contributed by atoms with Crippen molar-refractivity contribution >= 4 is 11.6 Å². The van der Waals surface area contributed by atoms with Crippen LogP contribution in [0.5, 0.6) is 11.5 Å². The first-order valence-corrected chi connectivity index (χ1v) is 7.99. The van der Waals surface area contributed by atoms with Crippen LogP contribution in [0.4, 0.5) is 5.69 Å². The van der Waals surface area contributed by atoms with Gasteiger partial charge in [0.05, 0.1) is 13.2 Å². The van der Waals surface area contributed by atoms with E-state index in [1.807, 2.05) is 25.1 Å². The zero-order chi connectivity index (χ0) is 16.8. The first-order chi connectivity index (χ1) is 11.7. The summed E-state index contributed by atoms with van der Waals surface area (Å²) < 4.78 is 16.4. The Bertz CT molecular complexity index is 713. The highest BCUT2D eigenvalue weighted by molar-refractivity contribution is 5.93. The number of aryl methyl sites for hydroxylation is 1. The predicted molar refractivity (Wildman–Crippen MR) is 89.5 cm³/mol. The molecule has 0 atom stereocenters. The van der Waals surface area contributed by atoms with Crippen LogP contribution in [0.15, 0.2) is 27.7 Å². The second-order valence-electron chi connectivity index (χ2n) is 5.27. The van der Waals surface area contributed by atoms with Crippen LogP contribution in [-0.4, -0.2) is 35.9 Å². The molecule has 0 spiro atoms. The number of anilines is 1. The lowest BCUT2D eigenvalue weighted by atomic mass is 10.3. The van der Waals surface area contributed by atoms with Gasteiger partial charge < -0.3 is 24.6 Å². The third-order valence-corrected chi connectivity index (χ3v) is 3.30. The molecular formula is C16H21N5O3. The molecule has 0 radical (unpaired) electrons. The van der Waals surface area contributed by atoms with Crippen LogP contribution in [-0.2, 0) is 6.54 Å². The van der Waals surface area contributed by atoms with Crippen molar-refractivity contribution in [2.75, 3.05) is 25.1 Å². The molecule has 0 saturated heterocycles. The van der Waals surface area contributed by atoms with Crippen molar-refractivity contribution in [2.45, 2.75) is 26.8 Å². The minimum Gasteiger partial charge on any atom is -0.490 e. The number of benzene rings is 1. The van der Waals surface area contributed by atoms with Crippen molar-refractivity contribution in [2.24, 2.45) is 4.99 Å². The van der Waals surface area contributed by atoms with Crippen LogP contribution in [0.1, 0.15) is 25.1 Å². The van der Waals surface area contributed by atoms with Gasteiger partial charge in [0.1, 0.15) is 6.54 Å². The summed E-state index contributed by atoms with van der Waals surface area (Å²) in [6.07, 6.45) is 0.880. The lowest BCUT2D eigenvalue weighted by Crippen LogP contribution is -2.30. The molecular weight excluding hydrogens is 310 g/mol. The largest absolute Gasteiger partial charge is 0.490 e. The average molecular weight is 331 g/mol. The molecule has 0 aliphatic carbocycles. The van der Waals surface area contributed by atoms with Crippen LogP contribution in [0.3, 0.4) is 0 Å². The van der Waals surface area contributed by atoms with Crippen LogP contribution in [0, 0.1) is 6.92 Å². The van der Waals surface area contributed by atoms with Gasteiger partial charge in [0.25, 0.3) is 0 Å². The highest BCUT2D eigenvalue weighted by Gasteiger charge is 2.11. The van der Waals surface area contributed by atoms with Gasteiger partial charge in [-0.25, -0.2) is 4.99 Å². The lowest BCUT2D eigenvalue weighted by molar-refractivity contribution is 0.297. The molecule has 1 aliphatic rings. The molecule has 2 N–H and O–H groups in total. The summed E-state index contributed by atoms with van der Waals surface area (Å²) >= 11 is 0. The van der Waals surface area contributed by atoms with E-state index in [0.29, 0.717) is 37.4 Å². The molecule has 2 heterocycles. The van der Waals surface area contributed by atoms with E-state index in [0.717, 1.165) is 30.2 Å². The summed E-state index contributed by atoms with van der Waals surface area (Å²) in [4.78, 5) is 8.59. The number of hydrogen-bond donors (Lipinski definition) is 2. The van der Waals surface area contributed by atoms with E-state index in [-0.39, 0.29) is 0 Å². The zero-order valence-corrected chi connectivity index (χ0v) is 13.8. The van der Waals surface area contributed by atoms with Crippen LogP contribution in [0.2, 0.25) is 0 Å². The molecule has 0 fully saturated rings. The molecule has 24 heavy (non-hydrogen) atoms. The highest BCUT2D eigenvalue weighted by atomic mass is 16.5. The standard InChI is InChI=1S/C16H21N5O3/c1-3-17-16(18-10-15-19-11(2)21-24-15)20-12-5-6-13-14(9-12)23-8-4-7-22-13/h5-6,9H,3-4,7-8,10H2,1-2H3,(H2,17,18,20). The summed E-state index contributed by atoms with van der Waals surface area (Å²) in [5.74, 6) is 3.20. The van der Waals surface area contributed by atoms with Gasteiger partial charge in [0.2, 0.25) is 5.89 Å². The Hall–Kier alpha value is -2.77. The van der Waals surface area contributed by atoms with Crippen molar-refractivity contribution in [1.29, 1.82) is 0 Å². The van der Waals surface area contributed by atoms with E-state index in [9.17, 15) is 0 Å². The summed E-state index contributed by atoms with van der Waals surface area (Å²) in [6, 6.07) is 5.73. The first-order valence-electron chi connectivity index (χ1n) is 7.99. The Morgan fingerprint density at radius 3 is 2.83 bits per heavy atom.